The number of aromatic nitrogens is 3. The van der Waals surface area contributed by atoms with Gasteiger partial charge in [-0.3, -0.25) is 19.7 Å². The Kier molecular flexibility index (Phi) is 7.22. The highest BCUT2D eigenvalue weighted by Gasteiger charge is 2.12. The first-order valence-corrected chi connectivity index (χ1v) is 9.99. The Hall–Kier alpha value is -3.60. The SMILES string of the molecule is O=C(COC(=O)CCn1nnc2ccccc2c1=O)NC(=O)NCCc1cccs1. The van der Waals surface area contributed by atoms with Gasteiger partial charge in [0.25, 0.3) is 11.5 Å². The summed E-state index contributed by atoms with van der Waals surface area (Å²) in [7, 11) is 0. The molecule has 0 unspecified atom stereocenters. The van der Waals surface area contributed by atoms with Crippen molar-refractivity contribution >= 4 is 40.1 Å². The third-order valence-electron chi connectivity index (χ3n) is 4.01. The molecule has 0 saturated carbocycles. The lowest BCUT2D eigenvalue weighted by molar-refractivity contribution is -0.148. The lowest BCUT2D eigenvalue weighted by Gasteiger charge is -2.08. The van der Waals surface area contributed by atoms with E-state index in [9.17, 15) is 19.2 Å². The van der Waals surface area contributed by atoms with Crippen LogP contribution in [0.15, 0.2) is 46.6 Å². The number of carbonyl (C=O) groups is 3. The van der Waals surface area contributed by atoms with Crippen molar-refractivity contribution in [1.29, 1.82) is 0 Å². The molecule has 156 valence electrons. The van der Waals surface area contributed by atoms with Crippen molar-refractivity contribution in [3.63, 3.8) is 0 Å². The predicted molar refractivity (Wildman–Crippen MR) is 109 cm³/mol. The summed E-state index contributed by atoms with van der Waals surface area (Å²) in [4.78, 5) is 48.6. The second kappa shape index (κ2) is 10.3. The summed E-state index contributed by atoms with van der Waals surface area (Å²) in [6.07, 6.45) is 0.485. The first kappa shape index (κ1) is 21.1. The number of hydrogen-bond acceptors (Lipinski definition) is 8. The monoisotopic (exact) mass is 429 g/mol. The molecule has 0 saturated heterocycles. The fourth-order valence-electron chi connectivity index (χ4n) is 2.55. The molecule has 0 aliphatic rings. The van der Waals surface area contributed by atoms with E-state index in [-0.39, 0.29) is 18.5 Å². The van der Waals surface area contributed by atoms with Crippen molar-refractivity contribution in [2.24, 2.45) is 0 Å². The molecule has 3 amide bonds. The van der Waals surface area contributed by atoms with Crippen LogP contribution >= 0.6 is 11.3 Å². The Balaban J connectivity index is 1.37. The van der Waals surface area contributed by atoms with Gasteiger partial charge in [-0.2, -0.15) is 0 Å². The Morgan fingerprint density at radius 1 is 1.13 bits per heavy atom. The molecule has 0 bridgehead atoms. The normalized spacial score (nSPS) is 10.5. The van der Waals surface area contributed by atoms with E-state index in [1.807, 2.05) is 17.5 Å². The highest BCUT2D eigenvalue weighted by Crippen LogP contribution is 2.08. The maximum absolute atomic E-state index is 12.3. The molecule has 10 nitrogen and oxygen atoms in total. The summed E-state index contributed by atoms with van der Waals surface area (Å²) >= 11 is 1.58. The third kappa shape index (κ3) is 5.95. The number of nitrogens with one attached hydrogen (secondary N) is 2. The number of urea groups is 1. The summed E-state index contributed by atoms with van der Waals surface area (Å²) in [5.41, 5.74) is 0.0945. The zero-order valence-corrected chi connectivity index (χ0v) is 16.7. The first-order chi connectivity index (χ1) is 14.5. The topological polar surface area (TPSA) is 132 Å². The van der Waals surface area contributed by atoms with Gasteiger partial charge in [0.1, 0.15) is 5.52 Å². The van der Waals surface area contributed by atoms with Crippen molar-refractivity contribution in [2.75, 3.05) is 13.2 Å². The van der Waals surface area contributed by atoms with E-state index >= 15 is 0 Å². The maximum atomic E-state index is 12.3. The van der Waals surface area contributed by atoms with Gasteiger partial charge in [-0.05, 0) is 30.0 Å². The number of nitrogens with zero attached hydrogens (tertiary/aromatic N) is 3. The average Bonchev–Trinajstić information content (AvgIpc) is 3.25. The van der Waals surface area contributed by atoms with E-state index in [4.69, 9.17) is 4.74 Å². The van der Waals surface area contributed by atoms with Gasteiger partial charge in [-0.25, -0.2) is 9.48 Å². The Morgan fingerprint density at radius 2 is 1.97 bits per heavy atom. The van der Waals surface area contributed by atoms with E-state index in [1.54, 1.807) is 35.6 Å². The summed E-state index contributed by atoms with van der Waals surface area (Å²) < 4.78 is 5.88. The van der Waals surface area contributed by atoms with Crippen LogP contribution in [0.25, 0.3) is 10.9 Å². The Morgan fingerprint density at radius 3 is 2.77 bits per heavy atom. The molecule has 0 atom stereocenters. The highest BCUT2D eigenvalue weighted by molar-refractivity contribution is 7.09. The molecule has 0 aliphatic heterocycles. The van der Waals surface area contributed by atoms with Crippen LogP contribution < -0.4 is 16.2 Å². The van der Waals surface area contributed by atoms with Gasteiger partial charge in [0, 0.05) is 11.4 Å². The number of ether oxygens (including phenoxy) is 1. The van der Waals surface area contributed by atoms with Crippen molar-refractivity contribution in [3.05, 3.63) is 57.0 Å². The molecule has 30 heavy (non-hydrogen) atoms. The van der Waals surface area contributed by atoms with Crippen LogP contribution in [-0.4, -0.2) is 46.1 Å². The maximum Gasteiger partial charge on any atom is 0.321 e. The molecule has 0 aliphatic carbocycles. The van der Waals surface area contributed by atoms with Crippen LogP contribution in [-0.2, 0) is 27.3 Å². The summed E-state index contributed by atoms with van der Waals surface area (Å²) in [5, 5.41) is 14.7. The second-order valence-electron chi connectivity index (χ2n) is 6.18. The minimum atomic E-state index is -0.750. The number of fused-ring (bicyclic) bond motifs is 1. The van der Waals surface area contributed by atoms with Gasteiger partial charge in [0.15, 0.2) is 6.61 Å². The summed E-state index contributed by atoms with van der Waals surface area (Å²) in [6, 6.07) is 9.95. The Labute approximate surface area is 174 Å². The summed E-state index contributed by atoms with van der Waals surface area (Å²) in [6.45, 7) is -0.267. The molecule has 0 spiro atoms. The van der Waals surface area contributed by atoms with E-state index in [0.717, 1.165) is 9.56 Å². The lowest BCUT2D eigenvalue weighted by Crippen LogP contribution is -2.42. The van der Waals surface area contributed by atoms with Gasteiger partial charge in [0.2, 0.25) is 0 Å². The molecular formula is C19H19N5O5S. The van der Waals surface area contributed by atoms with Crippen molar-refractivity contribution in [3.8, 4) is 0 Å². The fraction of sp³-hybridized carbons (Fsp3) is 0.263. The van der Waals surface area contributed by atoms with E-state index in [1.165, 1.54) is 0 Å². The van der Waals surface area contributed by atoms with Crippen molar-refractivity contribution in [2.45, 2.75) is 19.4 Å². The van der Waals surface area contributed by atoms with Crippen LogP contribution in [0, 0.1) is 0 Å². The van der Waals surface area contributed by atoms with Gasteiger partial charge in [-0.15, -0.1) is 16.4 Å². The molecule has 2 heterocycles. The van der Waals surface area contributed by atoms with Crippen molar-refractivity contribution in [1.82, 2.24) is 25.6 Å². The molecular weight excluding hydrogens is 410 g/mol. The molecule has 3 rings (SSSR count). The number of thiophene rings is 1. The third-order valence-corrected chi connectivity index (χ3v) is 4.95. The van der Waals surface area contributed by atoms with Crippen LogP contribution in [0.2, 0.25) is 0 Å². The number of amides is 3. The van der Waals surface area contributed by atoms with Gasteiger partial charge in [-0.1, -0.05) is 23.4 Å². The van der Waals surface area contributed by atoms with Gasteiger partial charge in [0.05, 0.1) is 18.4 Å². The standard InChI is InChI=1S/C19H19N5O5S/c25-16(21-19(28)20-9-7-13-4-3-11-30-13)12-29-17(26)8-10-24-18(27)14-5-1-2-6-15(14)22-23-24/h1-6,11H,7-10,12H2,(H2,20,21,25,28). The number of carbonyl (C=O) groups excluding carboxylic acids is 3. The molecule has 0 fully saturated rings. The lowest BCUT2D eigenvalue weighted by atomic mass is 10.2. The predicted octanol–water partition coefficient (Wildman–Crippen LogP) is 0.855. The Bertz CT molecular complexity index is 1100. The fourth-order valence-corrected chi connectivity index (χ4v) is 3.26. The molecule has 1 aromatic carbocycles. The minimum Gasteiger partial charge on any atom is -0.456 e. The smallest absolute Gasteiger partial charge is 0.321 e. The number of imide groups is 1. The number of benzene rings is 1. The van der Waals surface area contributed by atoms with Crippen molar-refractivity contribution < 1.29 is 19.1 Å². The quantitative estimate of drug-likeness (QED) is 0.507. The molecule has 11 heteroatoms. The highest BCUT2D eigenvalue weighted by atomic mass is 32.1. The second-order valence-corrected chi connectivity index (χ2v) is 7.21. The van der Waals surface area contributed by atoms with E-state index in [0.29, 0.717) is 23.9 Å². The van der Waals surface area contributed by atoms with Gasteiger partial charge >= 0.3 is 12.0 Å². The number of aryl methyl sites for hydroxylation is 1. The zero-order chi connectivity index (χ0) is 21.3. The van der Waals surface area contributed by atoms with Gasteiger partial charge < -0.3 is 10.1 Å². The van der Waals surface area contributed by atoms with Crippen LogP contribution in [0.1, 0.15) is 11.3 Å². The summed E-state index contributed by atoms with van der Waals surface area (Å²) in [5.74, 6) is -1.45. The van der Waals surface area contributed by atoms with Crippen LogP contribution in [0.3, 0.4) is 0 Å². The largest absolute Gasteiger partial charge is 0.456 e. The average molecular weight is 429 g/mol. The molecule has 2 aromatic heterocycles. The zero-order valence-electron chi connectivity index (χ0n) is 15.9. The van der Waals surface area contributed by atoms with Crippen LogP contribution in [0.5, 0.6) is 0 Å². The first-order valence-electron chi connectivity index (χ1n) is 9.11. The van der Waals surface area contributed by atoms with E-state index in [2.05, 4.69) is 20.9 Å². The van der Waals surface area contributed by atoms with E-state index < -0.39 is 24.5 Å². The molecule has 0 radical (unpaired) electrons. The molecule has 2 N–H and O–H groups in total. The molecule has 3 aromatic rings. The van der Waals surface area contributed by atoms with Crippen LogP contribution in [0.4, 0.5) is 4.79 Å². The number of rotatable bonds is 8. The minimum absolute atomic E-state index is 0.0413. The number of esters is 1. The number of hydrogen-bond donors (Lipinski definition) is 2.